The molecule has 9 heteroatoms. The molecule has 2 N–H and O–H groups in total. The number of esters is 1. The van der Waals surface area contributed by atoms with E-state index in [1.54, 1.807) is 19.1 Å². The largest absolute Gasteiger partial charge is 0.493 e. The van der Waals surface area contributed by atoms with Crippen LogP contribution < -0.4 is 20.1 Å². The Morgan fingerprint density at radius 2 is 2.03 bits per heavy atom. The van der Waals surface area contributed by atoms with Gasteiger partial charge in [0.2, 0.25) is 0 Å². The van der Waals surface area contributed by atoms with Crippen molar-refractivity contribution in [2.24, 2.45) is 0 Å². The summed E-state index contributed by atoms with van der Waals surface area (Å²) in [5, 5.41) is 15.5. The third kappa shape index (κ3) is 4.98. The summed E-state index contributed by atoms with van der Waals surface area (Å²) in [5.41, 5.74) is 2.47. The molecule has 1 aliphatic heterocycles. The summed E-state index contributed by atoms with van der Waals surface area (Å²) in [6.07, 6.45) is 0. The molecule has 1 atom stereocenters. The van der Waals surface area contributed by atoms with Crippen LogP contribution in [-0.2, 0) is 9.53 Å². The van der Waals surface area contributed by atoms with Gasteiger partial charge in [-0.2, -0.15) is 5.26 Å². The Kier molecular flexibility index (Phi) is 7.50. The Hall–Kier alpha value is -3.09. The highest BCUT2D eigenvalue weighted by Crippen LogP contribution is 2.41. The van der Waals surface area contributed by atoms with Gasteiger partial charge in [0.25, 0.3) is 0 Å². The van der Waals surface area contributed by atoms with E-state index in [9.17, 15) is 4.79 Å². The second kappa shape index (κ2) is 10.3. The maximum absolute atomic E-state index is 13.0. The summed E-state index contributed by atoms with van der Waals surface area (Å²) in [6, 6.07) is 14.3. The lowest BCUT2D eigenvalue weighted by Gasteiger charge is -2.31. The topological polar surface area (TPSA) is 92.6 Å². The van der Waals surface area contributed by atoms with Crippen LogP contribution in [0.1, 0.15) is 24.1 Å². The van der Waals surface area contributed by atoms with E-state index in [2.05, 4.69) is 26.6 Å². The molecule has 7 nitrogen and oxygen atoms in total. The van der Waals surface area contributed by atoms with Crippen LogP contribution in [0, 0.1) is 11.3 Å². The fourth-order valence-corrected chi connectivity index (χ4v) is 4.02. The third-order valence-corrected chi connectivity index (χ3v) is 5.30. The van der Waals surface area contributed by atoms with Crippen molar-refractivity contribution in [3.8, 4) is 17.6 Å². The monoisotopic (exact) mass is 501 g/mol. The van der Waals surface area contributed by atoms with Crippen LogP contribution >= 0.6 is 28.1 Å². The van der Waals surface area contributed by atoms with Crippen LogP contribution in [0.15, 0.2) is 52.5 Å². The minimum absolute atomic E-state index is 0.129. The van der Waals surface area contributed by atoms with Crippen LogP contribution in [0.3, 0.4) is 0 Å². The van der Waals surface area contributed by atoms with E-state index in [1.807, 2.05) is 36.4 Å². The lowest BCUT2D eigenvalue weighted by molar-refractivity contribution is -0.138. The molecule has 1 heterocycles. The lowest BCUT2D eigenvalue weighted by atomic mass is 9.92. The van der Waals surface area contributed by atoms with Crippen LogP contribution in [-0.4, -0.2) is 31.4 Å². The number of halogens is 1. The minimum atomic E-state index is -0.599. The molecule has 3 rings (SSSR count). The number of ether oxygens (including phenoxy) is 3. The second-order valence-electron chi connectivity index (χ2n) is 6.39. The summed E-state index contributed by atoms with van der Waals surface area (Å²) in [4.78, 5) is 13.0. The molecule has 0 saturated carbocycles. The first-order chi connectivity index (χ1) is 15.0. The van der Waals surface area contributed by atoms with Gasteiger partial charge in [-0.25, -0.2) is 4.79 Å². The molecule has 2 aromatic rings. The van der Waals surface area contributed by atoms with Gasteiger partial charge < -0.3 is 24.8 Å². The standard InChI is InChI=1S/C22H20BrN3O4S/c1-3-29-21(27)17-18(13-7-5-4-6-8-13)25-22(31)26-19(17)14-11-15(23)20(30-10-9-24)16(12-14)28-2/h4-8,11-12,19H,3,10H2,1-2H3,(H2,25,26,31)/t19-/m0/s1. The summed E-state index contributed by atoms with van der Waals surface area (Å²) >= 11 is 8.90. The van der Waals surface area contributed by atoms with Gasteiger partial charge in [-0.1, -0.05) is 30.3 Å². The first-order valence-electron chi connectivity index (χ1n) is 9.41. The smallest absolute Gasteiger partial charge is 0.338 e. The fourth-order valence-electron chi connectivity index (χ4n) is 3.23. The zero-order chi connectivity index (χ0) is 22.4. The molecular weight excluding hydrogens is 482 g/mol. The van der Waals surface area contributed by atoms with E-state index < -0.39 is 12.0 Å². The molecule has 160 valence electrons. The highest BCUT2D eigenvalue weighted by Gasteiger charge is 2.34. The molecule has 0 saturated heterocycles. The number of thiocarbonyl (C=S) groups is 1. The summed E-state index contributed by atoms with van der Waals surface area (Å²) in [6.45, 7) is 1.86. The number of benzene rings is 2. The molecule has 0 fully saturated rings. The molecule has 0 unspecified atom stereocenters. The van der Waals surface area contributed by atoms with Crippen molar-refractivity contribution in [2.45, 2.75) is 13.0 Å². The molecule has 2 aromatic carbocycles. The number of carbonyl (C=O) groups is 1. The van der Waals surface area contributed by atoms with Crippen molar-refractivity contribution in [2.75, 3.05) is 20.3 Å². The van der Waals surface area contributed by atoms with Crippen molar-refractivity contribution in [3.63, 3.8) is 0 Å². The van der Waals surface area contributed by atoms with Crippen molar-refractivity contribution in [1.82, 2.24) is 10.6 Å². The van der Waals surface area contributed by atoms with Crippen molar-refractivity contribution >= 4 is 44.9 Å². The molecule has 1 aliphatic rings. The molecule has 0 spiro atoms. The predicted molar refractivity (Wildman–Crippen MR) is 123 cm³/mol. The Morgan fingerprint density at radius 1 is 1.29 bits per heavy atom. The number of rotatable bonds is 7. The van der Waals surface area contributed by atoms with Gasteiger partial charge in [0.1, 0.15) is 6.07 Å². The number of hydrogen-bond acceptors (Lipinski definition) is 6. The normalized spacial score (nSPS) is 15.4. The van der Waals surface area contributed by atoms with Crippen LogP contribution in [0.4, 0.5) is 0 Å². The second-order valence-corrected chi connectivity index (χ2v) is 7.65. The number of carbonyl (C=O) groups excluding carboxylic acids is 1. The fraction of sp³-hybridized carbons (Fsp3) is 0.227. The zero-order valence-electron chi connectivity index (χ0n) is 16.9. The first kappa shape index (κ1) is 22.6. The Bertz CT molecular complexity index is 1070. The van der Waals surface area contributed by atoms with Crippen LogP contribution in [0.25, 0.3) is 5.70 Å². The highest BCUT2D eigenvalue weighted by molar-refractivity contribution is 9.10. The molecule has 31 heavy (non-hydrogen) atoms. The Balaban J connectivity index is 2.18. The SMILES string of the molecule is CCOC(=O)C1=C(c2ccccc2)NC(=S)N[C@H]1c1cc(Br)c(OCC#N)c(OC)c1. The summed E-state index contributed by atoms with van der Waals surface area (Å²) in [7, 11) is 1.50. The lowest BCUT2D eigenvalue weighted by Crippen LogP contribution is -2.45. The van der Waals surface area contributed by atoms with Gasteiger partial charge in [-0.05, 0) is 58.3 Å². The summed E-state index contributed by atoms with van der Waals surface area (Å²) in [5.74, 6) is 0.346. The predicted octanol–water partition coefficient (Wildman–Crippen LogP) is 3.85. The molecule has 0 aromatic heterocycles. The van der Waals surface area contributed by atoms with Gasteiger partial charge in [0.05, 0.1) is 35.5 Å². The van der Waals surface area contributed by atoms with Gasteiger partial charge in [0.15, 0.2) is 23.2 Å². The first-order valence-corrected chi connectivity index (χ1v) is 10.6. The van der Waals surface area contributed by atoms with E-state index in [0.29, 0.717) is 37.9 Å². The molecule has 0 radical (unpaired) electrons. The number of nitriles is 1. The van der Waals surface area contributed by atoms with Gasteiger partial charge in [0, 0.05) is 0 Å². The van der Waals surface area contributed by atoms with Crippen molar-refractivity contribution in [3.05, 3.63) is 63.6 Å². The van der Waals surface area contributed by atoms with Gasteiger partial charge in [-0.15, -0.1) is 0 Å². The number of hydrogen-bond donors (Lipinski definition) is 2. The van der Waals surface area contributed by atoms with Crippen molar-refractivity contribution < 1.29 is 19.0 Å². The molecular formula is C22H20BrN3O4S. The average Bonchev–Trinajstić information content (AvgIpc) is 2.77. The van der Waals surface area contributed by atoms with Gasteiger partial charge >= 0.3 is 5.97 Å². The number of nitrogens with one attached hydrogen (secondary N) is 2. The van der Waals surface area contributed by atoms with E-state index >= 15 is 0 Å². The Labute approximate surface area is 194 Å². The third-order valence-electron chi connectivity index (χ3n) is 4.50. The summed E-state index contributed by atoms with van der Waals surface area (Å²) < 4.78 is 16.9. The number of methoxy groups -OCH3 is 1. The molecule has 0 amide bonds. The van der Waals surface area contributed by atoms with Crippen LogP contribution in [0.2, 0.25) is 0 Å². The molecule has 0 aliphatic carbocycles. The Morgan fingerprint density at radius 3 is 2.68 bits per heavy atom. The van der Waals surface area contributed by atoms with Crippen LogP contribution in [0.5, 0.6) is 11.5 Å². The van der Waals surface area contributed by atoms with E-state index in [0.717, 1.165) is 5.56 Å². The van der Waals surface area contributed by atoms with Crippen molar-refractivity contribution in [1.29, 1.82) is 5.26 Å². The average molecular weight is 502 g/mol. The maximum atomic E-state index is 13.0. The zero-order valence-corrected chi connectivity index (χ0v) is 19.3. The maximum Gasteiger partial charge on any atom is 0.338 e. The van der Waals surface area contributed by atoms with E-state index in [1.165, 1.54) is 7.11 Å². The molecule has 0 bridgehead atoms. The van der Waals surface area contributed by atoms with Gasteiger partial charge in [-0.3, -0.25) is 0 Å². The van der Waals surface area contributed by atoms with E-state index in [-0.39, 0.29) is 13.2 Å². The highest BCUT2D eigenvalue weighted by atomic mass is 79.9. The van der Waals surface area contributed by atoms with E-state index in [4.69, 9.17) is 31.7 Å². The quantitative estimate of drug-likeness (QED) is 0.436. The minimum Gasteiger partial charge on any atom is -0.493 e. The number of nitrogens with zero attached hydrogens (tertiary/aromatic N) is 1.